The fourth-order valence-electron chi connectivity index (χ4n) is 2.71. The number of nitrogens with zero attached hydrogens (tertiary/aromatic N) is 2. The van der Waals surface area contributed by atoms with Crippen LogP contribution in [-0.2, 0) is 0 Å². The Bertz CT molecular complexity index is 974. The first-order chi connectivity index (χ1) is 14.0. The molecule has 7 nitrogen and oxygen atoms in total. The highest BCUT2D eigenvalue weighted by Crippen LogP contribution is 2.19. The molecule has 2 aromatic carbocycles. The number of rotatable bonds is 9. The van der Waals surface area contributed by atoms with Crippen molar-refractivity contribution in [2.45, 2.75) is 13.8 Å². The lowest BCUT2D eigenvalue weighted by Gasteiger charge is -2.11. The minimum atomic E-state index is 0.0201. The third-order valence-corrected chi connectivity index (χ3v) is 4.12. The molecule has 7 heteroatoms. The highest BCUT2D eigenvalue weighted by atomic mass is 16.5. The Hall–Kier alpha value is -3.61. The number of benzene rings is 2. The topological polar surface area (TPSA) is 85.4 Å². The lowest BCUT2D eigenvalue weighted by molar-refractivity contribution is 0.101. The van der Waals surface area contributed by atoms with E-state index in [0.717, 1.165) is 17.2 Å². The van der Waals surface area contributed by atoms with Gasteiger partial charge in [-0.3, -0.25) is 4.79 Å². The normalized spacial score (nSPS) is 10.3. The molecule has 29 heavy (non-hydrogen) atoms. The molecule has 0 aliphatic carbocycles. The van der Waals surface area contributed by atoms with Gasteiger partial charge in [0, 0.05) is 17.3 Å². The van der Waals surface area contributed by atoms with Crippen molar-refractivity contribution in [3.63, 3.8) is 0 Å². The van der Waals surface area contributed by atoms with Gasteiger partial charge in [0.25, 0.3) is 0 Å². The third-order valence-electron chi connectivity index (χ3n) is 4.12. The van der Waals surface area contributed by atoms with Gasteiger partial charge in [0.05, 0.1) is 13.7 Å². The Balaban J connectivity index is 1.57. The van der Waals surface area contributed by atoms with Gasteiger partial charge in [0.15, 0.2) is 5.78 Å². The number of anilines is 3. The molecule has 0 fully saturated rings. The molecule has 0 radical (unpaired) electrons. The number of Topliss-reactive ketones (excluding diaryl/α,β-unsaturated/α-hetero) is 1. The van der Waals surface area contributed by atoms with Gasteiger partial charge in [0.2, 0.25) is 0 Å². The van der Waals surface area contributed by atoms with Crippen LogP contribution in [0.25, 0.3) is 0 Å². The highest BCUT2D eigenvalue weighted by Gasteiger charge is 2.05. The lowest BCUT2D eigenvalue weighted by atomic mass is 10.1. The summed E-state index contributed by atoms with van der Waals surface area (Å²) in [5.41, 5.74) is 1.44. The molecule has 0 bridgehead atoms. The first kappa shape index (κ1) is 20.1. The molecule has 0 saturated heterocycles. The summed E-state index contributed by atoms with van der Waals surface area (Å²) in [7, 11) is 1.63. The van der Waals surface area contributed by atoms with Crippen LogP contribution in [0.4, 0.5) is 17.3 Å². The highest BCUT2D eigenvalue weighted by molar-refractivity contribution is 5.95. The van der Waals surface area contributed by atoms with E-state index < -0.39 is 0 Å². The predicted octanol–water partition coefficient (Wildman–Crippen LogP) is 4.23. The Labute approximate surface area is 170 Å². The molecule has 0 atom stereocenters. The maximum Gasteiger partial charge on any atom is 0.159 e. The molecular weight excluding hydrogens is 368 g/mol. The van der Waals surface area contributed by atoms with E-state index in [-0.39, 0.29) is 5.78 Å². The number of hydrogen-bond acceptors (Lipinski definition) is 7. The van der Waals surface area contributed by atoms with Crippen molar-refractivity contribution in [3.8, 4) is 11.5 Å². The molecular formula is C22H24N4O3. The minimum Gasteiger partial charge on any atom is -0.497 e. The first-order valence-corrected chi connectivity index (χ1v) is 9.28. The summed E-state index contributed by atoms with van der Waals surface area (Å²) in [6.07, 6.45) is 0. The maximum atomic E-state index is 11.6. The minimum absolute atomic E-state index is 0.0201. The SMILES string of the molecule is COc1ccc(OCCNc2cc(Nc3cccc(C(C)=O)c3)nc(C)n2)cc1. The fourth-order valence-corrected chi connectivity index (χ4v) is 2.71. The maximum absolute atomic E-state index is 11.6. The van der Waals surface area contributed by atoms with Crippen LogP contribution in [0, 0.1) is 6.92 Å². The van der Waals surface area contributed by atoms with Crippen molar-refractivity contribution in [1.82, 2.24) is 9.97 Å². The predicted molar refractivity (Wildman–Crippen MR) is 113 cm³/mol. The molecule has 1 aromatic heterocycles. The van der Waals surface area contributed by atoms with Crippen LogP contribution in [0.5, 0.6) is 11.5 Å². The summed E-state index contributed by atoms with van der Waals surface area (Å²) in [6, 6.07) is 16.6. The van der Waals surface area contributed by atoms with Crippen molar-refractivity contribution >= 4 is 23.1 Å². The summed E-state index contributed by atoms with van der Waals surface area (Å²) < 4.78 is 10.8. The molecule has 150 valence electrons. The van der Waals surface area contributed by atoms with Crippen LogP contribution in [0.3, 0.4) is 0 Å². The molecule has 0 spiro atoms. The van der Waals surface area contributed by atoms with Crippen LogP contribution >= 0.6 is 0 Å². The molecule has 0 amide bonds. The number of ketones is 1. The number of methoxy groups -OCH3 is 1. The van der Waals surface area contributed by atoms with Crippen LogP contribution in [-0.4, -0.2) is 36.0 Å². The number of nitrogens with one attached hydrogen (secondary N) is 2. The monoisotopic (exact) mass is 392 g/mol. The molecule has 3 rings (SSSR count). The number of aryl methyl sites for hydroxylation is 1. The molecule has 1 heterocycles. The molecule has 0 unspecified atom stereocenters. The van der Waals surface area contributed by atoms with Crippen LogP contribution < -0.4 is 20.1 Å². The van der Waals surface area contributed by atoms with Crippen molar-refractivity contribution < 1.29 is 14.3 Å². The van der Waals surface area contributed by atoms with Crippen LogP contribution in [0.2, 0.25) is 0 Å². The van der Waals surface area contributed by atoms with E-state index in [0.29, 0.717) is 36.2 Å². The third kappa shape index (κ3) is 5.93. The van der Waals surface area contributed by atoms with Crippen LogP contribution in [0.1, 0.15) is 23.1 Å². The van der Waals surface area contributed by atoms with Gasteiger partial charge in [-0.05, 0) is 50.2 Å². The Kier molecular flexibility index (Phi) is 6.63. The van der Waals surface area contributed by atoms with Gasteiger partial charge < -0.3 is 20.1 Å². The van der Waals surface area contributed by atoms with E-state index >= 15 is 0 Å². The number of aromatic nitrogens is 2. The van der Waals surface area contributed by atoms with E-state index in [4.69, 9.17) is 9.47 Å². The zero-order valence-corrected chi connectivity index (χ0v) is 16.7. The lowest BCUT2D eigenvalue weighted by Crippen LogP contribution is -2.13. The van der Waals surface area contributed by atoms with Crippen molar-refractivity contribution in [2.24, 2.45) is 0 Å². The van der Waals surface area contributed by atoms with E-state index in [1.807, 2.05) is 49.4 Å². The summed E-state index contributed by atoms with van der Waals surface area (Å²) >= 11 is 0. The van der Waals surface area contributed by atoms with Crippen molar-refractivity contribution in [2.75, 3.05) is 30.9 Å². The van der Waals surface area contributed by atoms with Gasteiger partial charge in [-0.25, -0.2) is 9.97 Å². The molecule has 2 N–H and O–H groups in total. The smallest absolute Gasteiger partial charge is 0.159 e. The summed E-state index contributed by atoms with van der Waals surface area (Å²) in [4.78, 5) is 20.4. The van der Waals surface area contributed by atoms with Gasteiger partial charge in [0.1, 0.15) is 35.6 Å². The van der Waals surface area contributed by atoms with E-state index in [1.165, 1.54) is 0 Å². The first-order valence-electron chi connectivity index (χ1n) is 9.28. The van der Waals surface area contributed by atoms with Gasteiger partial charge >= 0.3 is 0 Å². The molecule has 3 aromatic rings. The van der Waals surface area contributed by atoms with Gasteiger partial charge in [-0.15, -0.1) is 0 Å². The number of carbonyl (C=O) groups excluding carboxylic acids is 1. The average molecular weight is 392 g/mol. The quantitative estimate of drug-likeness (QED) is 0.416. The Morgan fingerprint density at radius 2 is 1.72 bits per heavy atom. The molecule has 0 aliphatic rings. The number of ether oxygens (including phenoxy) is 2. The summed E-state index contributed by atoms with van der Waals surface area (Å²) in [5, 5.41) is 6.46. The Morgan fingerprint density at radius 3 is 2.45 bits per heavy atom. The van der Waals surface area contributed by atoms with Crippen molar-refractivity contribution in [1.29, 1.82) is 0 Å². The van der Waals surface area contributed by atoms with E-state index in [1.54, 1.807) is 26.2 Å². The molecule has 0 aliphatic heterocycles. The largest absolute Gasteiger partial charge is 0.497 e. The van der Waals surface area contributed by atoms with E-state index in [2.05, 4.69) is 20.6 Å². The summed E-state index contributed by atoms with van der Waals surface area (Å²) in [6.45, 7) is 4.45. The second kappa shape index (κ2) is 9.54. The fraction of sp³-hybridized carbons (Fsp3) is 0.227. The number of carbonyl (C=O) groups is 1. The average Bonchev–Trinajstić information content (AvgIpc) is 2.71. The molecule has 0 saturated carbocycles. The standard InChI is InChI=1S/C22H24N4O3/c1-15(27)17-5-4-6-18(13-17)26-22-14-21(24-16(2)25-22)23-11-12-29-20-9-7-19(28-3)8-10-20/h4-10,13-14H,11-12H2,1-3H3,(H2,23,24,25,26). The number of hydrogen-bond donors (Lipinski definition) is 2. The second-order valence-electron chi connectivity index (χ2n) is 6.40. The van der Waals surface area contributed by atoms with E-state index in [9.17, 15) is 4.79 Å². The zero-order chi connectivity index (χ0) is 20.6. The van der Waals surface area contributed by atoms with Crippen LogP contribution in [0.15, 0.2) is 54.6 Å². The summed E-state index contributed by atoms with van der Waals surface area (Å²) in [5.74, 6) is 3.57. The van der Waals surface area contributed by atoms with Gasteiger partial charge in [-0.1, -0.05) is 12.1 Å². The zero-order valence-electron chi connectivity index (χ0n) is 16.7. The van der Waals surface area contributed by atoms with Gasteiger partial charge in [-0.2, -0.15) is 0 Å². The Morgan fingerprint density at radius 1 is 1.00 bits per heavy atom. The second-order valence-corrected chi connectivity index (χ2v) is 6.40. The van der Waals surface area contributed by atoms with Crippen molar-refractivity contribution in [3.05, 3.63) is 66.0 Å².